The first-order valence-electron chi connectivity index (χ1n) is 6.21. The molecule has 1 atom stereocenters. The summed E-state index contributed by atoms with van der Waals surface area (Å²) >= 11 is 0. The molecule has 0 saturated carbocycles. The molecule has 0 aliphatic rings. The van der Waals surface area contributed by atoms with Crippen molar-refractivity contribution in [2.24, 2.45) is 11.8 Å². The summed E-state index contributed by atoms with van der Waals surface area (Å²) in [5, 5.41) is 0. The molecule has 1 rings (SSSR count). The van der Waals surface area contributed by atoms with Gasteiger partial charge in [-0.2, -0.15) is 0 Å². The van der Waals surface area contributed by atoms with E-state index in [2.05, 4.69) is 18.6 Å². The zero-order valence-corrected chi connectivity index (χ0v) is 12.6. The van der Waals surface area contributed by atoms with Gasteiger partial charge in [-0.15, -0.1) is 0 Å². The second kappa shape index (κ2) is 6.25. The van der Waals surface area contributed by atoms with Gasteiger partial charge in [0.1, 0.15) is 10.6 Å². The molecule has 0 radical (unpaired) electrons. The Hall–Kier alpha value is -1.27. The zero-order chi connectivity index (χ0) is 14.6. The van der Waals surface area contributed by atoms with Crippen molar-refractivity contribution in [3.05, 3.63) is 18.2 Å². The molecule has 6 heteroatoms. The lowest BCUT2D eigenvalue weighted by molar-refractivity contribution is 0.399. The summed E-state index contributed by atoms with van der Waals surface area (Å²) in [6.45, 7) is 6.52. The van der Waals surface area contributed by atoms with Crippen molar-refractivity contribution in [1.29, 1.82) is 0 Å². The van der Waals surface area contributed by atoms with Gasteiger partial charge in [0.25, 0.3) is 0 Å². The van der Waals surface area contributed by atoms with Gasteiger partial charge in [-0.25, -0.2) is 13.1 Å². The maximum Gasteiger partial charge on any atom is 0.244 e. The molecule has 108 valence electrons. The molecule has 1 unspecified atom stereocenters. The number of hydrogen-bond acceptors (Lipinski definition) is 4. The summed E-state index contributed by atoms with van der Waals surface area (Å²) in [4.78, 5) is 0.111. The van der Waals surface area contributed by atoms with Gasteiger partial charge >= 0.3 is 0 Å². The fourth-order valence-electron chi connectivity index (χ4n) is 1.46. The number of nitrogen functional groups attached to an aromatic ring is 1. The summed E-state index contributed by atoms with van der Waals surface area (Å²) in [5.41, 5.74) is 6.08. The topological polar surface area (TPSA) is 81.4 Å². The molecule has 3 N–H and O–H groups in total. The Balaban J connectivity index is 2.95. The summed E-state index contributed by atoms with van der Waals surface area (Å²) in [7, 11) is -2.16. The molecule has 0 aromatic heterocycles. The van der Waals surface area contributed by atoms with Crippen molar-refractivity contribution >= 4 is 15.7 Å². The molecule has 0 bridgehead atoms. The molecule has 0 heterocycles. The van der Waals surface area contributed by atoms with Crippen LogP contribution in [0.3, 0.4) is 0 Å². The van der Waals surface area contributed by atoms with Crippen LogP contribution in [0.4, 0.5) is 5.69 Å². The Kier molecular flexibility index (Phi) is 5.20. The maximum atomic E-state index is 12.2. The first-order chi connectivity index (χ1) is 8.77. The van der Waals surface area contributed by atoms with Crippen LogP contribution in [-0.4, -0.2) is 22.1 Å². The number of ether oxygens (including phenoxy) is 1. The number of rotatable bonds is 6. The molecule has 0 spiro atoms. The van der Waals surface area contributed by atoms with Crippen LogP contribution in [0.5, 0.6) is 5.75 Å². The first-order valence-corrected chi connectivity index (χ1v) is 7.69. The molecule has 5 nitrogen and oxygen atoms in total. The van der Waals surface area contributed by atoms with Crippen LogP contribution < -0.4 is 15.2 Å². The van der Waals surface area contributed by atoms with Gasteiger partial charge in [-0.3, -0.25) is 0 Å². The van der Waals surface area contributed by atoms with Crippen LogP contribution >= 0.6 is 0 Å². The molecular weight excluding hydrogens is 264 g/mol. The van der Waals surface area contributed by atoms with E-state index < -0.39 is 10.0 Å². The van der Waals surface area contributed by atoms with Crippen LogP contribution in [0.15, 0.2) is 23.1 Å². The average Bonchev–Trinajstić information content (AvgIpc) is 2.35. The van der Waals surface area contributed by atoms with E-state index >= 15 is 0 Å². The minimum absolute atomic E-state index is 0.111. The van der Waals surface area contributed by atoms with E-state index in [0.717, 1.165) is 0 Å². The van der Waals surface area contributed by atoms with Crippen molar-refractivity contribution in [3.8, 4) is 5.75 Å². The standard InChI is InChI=1S/C13H22N2O3S/c1-9(2)10(3)8-15-19(16,17)13-6-5-11(14)7-12(13)18-4/h5-7,9-10,15H,8,14H2,1-4H3. The van der Waals surface area contributed by atoms with Crippen molar-refractivity contribution in [3.63, 3.8) is 0 Å². The fraction of sp³-hybridized carbons (Fsp3) is 0.538. The van der Waals surface area contributed by atoms with Gasteiger partial charge in [-0.05, 0) is 24.0 Å². The number of sulfonamides is 1. The van der Waals surface area contributed by atoms with Crippen LogP contribution in [0.25, 0.3) is 0 Å². The van der Waals surface area contributed by atoms with Gasteiger partial charge < -0.3 is 10.5 Å². The summed E-state index contributed by atoms with van der Waals surface area (Å²) in [6.07, 6.45) is 0. The number of nitrogens with two attached hydrogens (primary N) is 1. The lowest BCUT2D eigenvalue weighted by atomic mass is 9.99. The molecule has 0 aliphatic heterocycles. The highest BCUT2D eigenvalue weighted by Gasteiger charge is 2.20. The second-order valence-electron chi connectivity index (χ2n) is 4.98. The Labute approximate surface area is 115 Å². The van der Waals surface area contributed by atoms with Gasteiger partial charge in [0, 0.05) is 18.3 Å². The van der Waals surface area contributed by atoms with Gasteiger partial charge in [0.15, 0.2) is 0 Å². The monoisotopic (exact) mass is 286 g/mol. The molecule has 1 aromatic rings. The normalized spacial score (nSPS) is 13.5. The number of benzene rings is 1. The molecule has 0 amide bonds. The van der Waals surface area contributed by atoms with Gasteiger partial charge in [0.05, 0.1) is 7.11 Å². The largest absolute Gasteiger partial charge is 0.495 e. The number of nitrogens with one attached hydrogen (secondary N) is 1. The van der Waals surface area contributed by atoms with Crippen LogP contribution in [-0.2, 0) is 10.0 Å². The lowest BCUT2D eigenvalue weighted by Crippen LogP contribution is -2.30. The van der Waals surface area contributed by atoms with E-state index in [9.17, 15) is 8.42 Å². The SMILES string of the molecule is COc1cc(N)ccc1S(=O)(=O)NCC(C)C(C)C. The summed E-state index contributed by atoms with van der Waals surface area (Å²) < 4.78 is 32.1. The summed E-state index contributed by atoms with van der Waals surface area (Å²) in [6, 6.07) is 4.50. The van der Waals surface area contributed by atoms with E-state index in [1.54, 1.807) is 6.07 Å². The van der Waals surface area contributed by atoms with E-state index in [4.69, 9.17) is 10.5 Å². The molecular formula is C13H22N2O3S. The second-order valence-corrected chi connectivity index (χ2v) is 6.72. The highest BCUT2D eigenvalue weighted by atomic mass is 32.2. The minimum atomic E-state index is -3.58. The Morgan fingerprint density at radius 3 is 2.47 bits per heavy atom. The third-order valence-corrected chi connectivity index (χ3v) is 4.67. The Bertz CT molecular complexity index is 527. The third kappa shape index (κ3) is 4.11. The Morgan fingerprint density at radius 2 is 1.95 bits per heavy atom. The molecule has 0 aliphatic carbocycles. The van der Waals surface area contributed by atoms with Crippen LogP contribution in [0.2, 0.25) is 0 Å². The predicted molar refractivity (Wildman–Crippen MR) is 76.6 cm³/mol. The average molecular weight is 286 g/mol. The highest BCUT2D eigenvalue weighted by Crippen LogP contribution is 2.26. The van der Waals surface area contributed by atoms with Crippen molar-refractivity contribution in [1.82, 2.24) is 4.72 Å². The molecule has 0 saturated heterocycles. The van der Waals surface area contributed by atoms with Crippen LogP contribution in [0.1, 0.15) is 20.8 Å². The Morgan fingerprint density at radius 1 is 1.32 bits per heavy atom. The van der Waals surface area contributed by atoms with Gasteiger partial charge in [0.2, 0.25) is 10.0 Å². The number of anilines is 1. The van der Waals surface area contributed by atoms with E-state index in [1.165, 1.54) is 19.2 Å². The van der Waals surface area contributed by atoms with Crippen LogP contribution in [0, 0.1) is 11.8 Å². The molecule has 19 heavy (non-hydrogen) atoms. The van der Waals surface area contributed by atoms with Gasteiger partial charge in [-0.1, -0.05) is 20.8 Å². The quantitative estimate of drug-likeness (QED) is 0.782. The van der Waals surface area contributed by atoms with Crippen molar-refractivity contribution in [2.75, 3.05) is 19.4 Å². The first kappa shape index (κ1) is 15.8. The van der Waals surface area contributed by atoms with E-state index in [-0.39, 0.29) is 16.6 Å². The number of hydrogen-bond donors (Lipinski definition) is 2. The minimum Gasteiger partial charge on any atom is -0.495 e. The smallest absolute Gasteiger partial charge is 0.244 e. The number of methoxy groups -OCH3 is 1. The van der Waals surface area contributed by atoms with Crippen molar-refractivity contribution < 1.29 is 13.2 Å². The van der Waals surface area contributed by atoms with Crippen molar-refractivity contribution in [2.45, 2.75) is 25.7 Å². The third-order valence-electron chi connectivity index (χ3n) is 3.21. The van der Waals surface area contributed by atoms with E-state index in [1.807, 2.05) is 6.92 Å². The summed E-state index contributed by atoms with van der Waals surface area (Å²) in [5.74, 6) is 0.926. The fourth-order valence-corrected chi connectivity index (χ4v) is 2.75. The molecule has 1 aromatic carbocycles. The maximum absolute atomic E-state index is 12.2. The zero-order valence-electron chi connectivity index (χ0n) is 11.8. The predicted octanol–water partition coefficient (Wildman–Crippen LogP) is 1.85. The van der Waals surface area contributed by atoms with E-state index in [0.29, 0.717) is 18.2 Å². The highest BCUT2D eigenvalue weighted by molar-refractivity contribution is 7.89. The lowest BCUT2D eigenvalue weighted by Gasteiger charge is -2.17. The molecule has 0 fully saturated rings.